The van der Waals surface area contributed by atoms with E-state index in [1.165, 1.54) is 15.9 Å². The molecule has 0 N–H and O–H groups in total. The van der Waals surface area contributed by atoms with Gasteiger partial charge in [-0.15, -0.1) is 16.4 Å². The largest absolute Gasteiger partial charge is 0.490 e. The zero-order valence-electron chi connectivity index (χ0n) is 14.2. The van der Waals surface area contributed by atoms with Crippen LogP contribution in [0.5, 0.6) is 5.75 Å². The highest BCUT2D eigenvalue weighted by molar-refractivity contribution is 7.15. The average Bonchev–Trinajstić information content (AvgIpc) is 3.39. The van der Waals surface area contributed by atoms with Crippen LogP contribution in [0.2, 0.25) is 0 Å². The zero-order chi connectivity index (χ0) is 18.6. The molecule has 0 fully saturated rings. The van der Waals surface area contributed by atoms with Crippen LogP contribution in [-0.4, -0.2) is 21.2 Å². The lowest BCUT2D eigenvalue weighted by molar-refractivity contribution is 0.363. The van der Waals surface area contributed by atoms with Crippen LogP contribution in [0.3, 0.4) is 0 Å². The summed E-state index contributed by atoms with van der Waals surface area (Å²) in [7, 11) is 0. The topological polar surface area (TPSA) is 56.5 Å². The van der Waals surface area contributed by atoms with Gasteiger partial charge in [-0.25, -0.2) is 0 Å². The van der Waals surface area contributed by atoms with Crippen LogP contribution in [0.1, 0.15) is 16.3 Å². The fourth-order valence-electron chi connectivity index (χ4n) is 2.43. The Balaban J connectivity index is 1.60. The summed E-state index contributed by atoms with van der Waals surface area (Å²) in [5.74, 6) is 1.29. The summed E-state index contributed by atoms with van der Waals surface area (Å²) in [6.07, 6.45) is 7.29. The Hall–Kier alpha value is -3.03. The molecular formula is C20H15N3O2S2. The van der Waals surface area contributed by atoms with Crippen molar-refractivity contribution in [2.75, 3.05) is 6.61 Å². The third kappa shape index (κ3) is 3.89. The minimum atomic E-state index is -0.162. The van der Waals surface area contributed by atoms with E-state index >= 15 is 0 Å². The molecule has 0 bridgehead atoms. The third-order valence-corrected chi connectivity index (χ3v) is 5.48. The van der Waals surface area contributed by atoms with E-state index in [0.29, 0.717) is 21.9 Å². The van der Waals surface area contributed by atoms with E-state index in [-0.39, 0.29) is 5.56 Å². The molecule has 4 aromatic rings. The Labute approximate surface area is 163 Å². The Morgan fingerprint density at radius 1 is 1.19 bits per heavy atom. The van der Waals surface area contributed by atoms with Crippen molar-refractivity contribution >= 4 is 45.9 Å². The molecule has 0 radical (unpaired) electrons. The molecule has 0 saturated heterocycles. The van der Waals surface area contributed by atoms with Gasteiger partial charge in [0.05, 0.1) is 4.53 Å². The molecule has 0 saturated carbocycles. The van der Waals surface area contributed by atoms with Gasteiger partial charge < -0.3 is 4.74 Å². The SMILES string of the molecule is C=CCOc1ccc(C=c2sc3nc(C=Cc4cccs4)nn3c2=O)cc1. The molecule has 5 nitrogen and oxygen atoms in total. The van der Waals surface area contributed by atoms with Gasteiger partial charge in [0.1, 0.15) is 12.4 Å². The number of hydrogen-bond donors (Lipinski definition) is 0. The minimum absolute atomic E-state index is 0.162. The van der Waals surface area contributed by atoms with Crippen molar-refractivity contribution in [2.24, 2.45) is 0 Å². The number of nitrogens with zero attached hydrogens (tertiary/aromatic N) is 3. The van der Waals surface area contributed by atoms with Gasteiger partial charge in [0.25, 0.3) is 5.56 Å². The first-order valence-electron chi connectivity index (χ1n) is 8.19. The van der Waals surface area contributed by atoms with Crippen LogP contribution in [0, 0.1) is 0 Å². The fraction of sp³-hybridized carbons (Fsp3) is 0.0500. The predicted molar refractivity (Wildman–Crippen MR) is 111 cm³/mol. The number of benzene rings is 1. The summed E-state index contributed by atoms with van der Waals surface area (Å²) in [4.78, 5) is 18.7. The monoisotopic (exact) mass is 393 g/mol. The van der Waals surface area contributed by atoms with E-state index in [1.807, 2.05) is 60.0 Å². The number of hydrogen-bond acceptors (Lipinski definition) is 6. The molecule has 3 heterocycles. The van der Waals surface area contributed by atoms with Crippen molar-refractivity contribution in [3.8, 4) is 5.75 Å². The summed E-state index contributed by atoms with van der Waals surface area (Å²) >= 11 is 2.96. The number of aromatic nitrogens is 3. The number of fused-ring (bicyclic) bond motifs is 1. The highest BCUT2D eigenvalue weighted by Gasteiger charge is 2.08. The highest BCUT2D eigenvalue weighted by atomic mass is 32.1. The molecule has 7 heteroatoms. The fourth-order valence-corrected chi connectivity index (χ4v) is 3.96. The van der Waals surface area contributed by atoms with Crippen LogP contribution in [-0.2, 0) is 0 Å². The number of thiophene rings is 1. The Kier molecular flexibility index (Phi) is 4.95. The smallest absolute Gasteiger partial charge is 0.291 e. The molecule has 1 aromatic carbocycles. The maximum absolute atomic E-state index is 12.6. The molecule has 0 atom stereocenters. The predicted octanol–water partition coefficient (Wildman–Crippen LogP) is 3.50. The molecule has 0 unspecified atom stereocenters. The molecule has 0 amide bonds. The Bertz CT molecular complexity index is 1200. The minimum Gasteiger partial charge on any atom is -0.490 e. The number of thiazole rings is 1. The van der Waals surface area contributed by atoms with E-state index in [2.05, 4.69) is 16.7 Å². The summed E-state index contributed by atoms with van der Waals surface area (Å²) < 4.78 is 7.41. The summed E-state index contributed by atoms with van der Waals surface area (Å²) in [6.45, 7) is 4.09. The number of ether oxygens (including phenoxy) is 1. The maximum atomic E-state index is 12.6. The first-order chi connectivity index (χ1) is 13.2. The Morgan fingerprint density at radius 2 is 2.04 bits per heavy atom. The van der Waals surface area contributed by atoms with Gasteiger partial charge in [-0.3, -0.25) is 4.79 Å². The highest BCUT2D eigenvalue weighted by Crippen LogP contribution is 2.14. The quantitative estimate of drug-likeness (QED) is 0.471. The summed E-state index contributed by atoms with van der Waals surface area (Å²) in [5.41, 5.74) is 0.755. The maximum Gasteiger partial charge on any atom is 0.291 e. The van der Waals surface area contributed by atoms with Crippen molar-refractivity contribution in [1.29, 1.82) is 0 Å². The van der Waals surface area contributed by atoms with Crippen molar-refractivity contribution in [3.05, 3.63) is 85.6 Å². The van der Waals surface area contributed by atoms with Gasteiger partial charge in [-0.05, 0) is 47.4 Å². The third-order valence-electron chi connectivity index (χ3n) is 3.68. The van der Waals surface area contributed by atoms with E-state index < -0.39 is 0 Å². The molecule has 0 aliphatic heterocycles. The summed E-state index contributed by atoms with van der Waals surface area (Å²) in [6, 6.07) is 11.5. The van der Waals surface area contributed by atoms with Gasteiger partial charge >= 0.3 is 0 Å². The first kappa shape index (κ1) is 17.4. The van der Waals surface area contributed by atoms with Crippen LogP contribution >= 0.6 is 22.7 Å². The van der Waals surface area contributed by atoms with Crippen molar-refractivity contribution in [3.63, 3.8) is 0 Å². The van der Waals surface area contributed by atoms with Crippen LogP contribution in [0.15, 0.2) is 59.2 Å². The van der Waals surface area contributed by atoms with E-state index in [1.54, 1.807) is 17.4 Å². The normalized spacial score (nSPS) is 12.2. The molecule has 0 aliphatic carbocycles. The van der Waals surface area contributed by atoms with Crippen molar-refractivity contribution in [1.82, 2.24) is 14.6 Å². The van der Waals surface area contributed by atoms with Crippen LogP contribution < -0.4 is 14.8 Å². The summed E-state index contributed by atoms with van der Waals surface area (Å²) in [5, 5.41) is 6.30. The van der Waals surface area contributed by atoms with Gasteiger partial charge in [-0.1, -0.05) is 42.2 Å². The van der Waals surface area contributed by atoms with Crippen molar-refractivity contribution < 1.29 is 4.74 Å². The van der Waals surface area contributed by atoms with E-state index in [9.17, 15) is 4.79 Å². The second-order valence-electron chi connectivity index (χ2n) is 5.60. The molecule has 4 rings (SSSR count). The molecule has 0 aliphatic rings. The lowest BCUT2D eigenvalue weighted by Gasteiger charge is -2.02. The Morgan fingerprint density at radius 3 is 2.74 bits per heavy atom. The first-order valence-corrected chi connectivity index (χ1v) is 9.89. The second-order valence-corrected chi connectivity index (χ2v) is 7.59. The molecule has 0 spiro atoms. The standard InChI is InChI=1S/C20H15N3O2S2/c1-2-11-25-15-7-5-14(6-8-15)13-17-19(24)23-20(27-17)21-18(22-23)10-9-16-4-3-12-26-16/h2-10,12-13H,1,11H2. The molecule has 3 aromatic heterocycles. The van der Waals surface area contributed by atoms with Crippen LogP contribution in [0.4, 0.5) is 0 Å². The van der Waals surface area contributed by atoms with Crippen molar-refractivity contribution in [2.45, 2.75) is 0 Å². The zero-order valence-corrected chi connectivity index (χ0v) is 15.9. The van der Waals surface area contributed by atoms with E-state index in [0.717, 1.165) is 16.2 Å². The van der Waals surface area contributed by atoms with Gasteiger partial charge in [0, 0.05) is 4.88 Å². The van der Waals surface area contributed by atoms with E-state index in [4.69, 9.17) is 4.74 Å². The lowest BCUT2D eigenvalue weighted by Crippen LogP contribution is -2.23. The van der Waals surface area contributed by atoms with Gasteiger partial charge in [-0.2, -0.15) is 9.50 Å². The number of rotatable bonds is 6. The average molecular weight is 393 g/mol. The van der Waals surface area contributed by atoms with Gasteiger partial charge in [0.2, 0.25) is 4.96 Å². The molecular weight excluding hydrogens is 378 g/mol. The van der Waals surface area contributed by atoms with Crippen LogP contribution in [0.25, 0.3) is 23.2 Å². The van der Waals surface area contributed by atoms with Gasteiger partial charge in [0.15, 0.2) is 5.82 Å². The second kappa shape index (κ2) is 7.69. The lowest BCUT2D eigenvalue weighted by atomic mass is 10.2. The molecule has 134 valence electrons. The molecule has 27 heavy (non-hydrogen) atoms.